The minimum Gasteiger partial charge on any atom is -0.478 e. The second kappa shape index (κ2) is 10.7. The Morgan fingerprint density at radius 3 is 2.48 bits per heavy atom. The fourth-order valence-electron chi connectivity index (χ4n) is 2.26. The fourth-order valence-corrected chi connectivity index (χ4v) is 2.26. The Kier molecular flexibility index (Phi) is 8.97. The predicted octanol–water partition coefficient (Wildman–Crippen LogP) is 2.07. The van der Waals surface area contributed by atoms with Crippen molar-refractivity contribution in [3.8, 4) is 5.75 Å². The van der Waals surface area contributed by atoms with Crippen molar-refractivity contribution >= 4 is 11.9 Å². The number of methoxy groups -OCH3 is 1. The number of carboxylic acid groups (broad SMARTS) is 1. The number of ether oxygens (including phenoxy) is 2. The summed E-state index contributed by atoms with van der Waals surface area (Å²) in [6, 6.07) is 7.09. The summed E-state index contributed by atoms with van der Waals surface area (Å²) in [4.78, 5) is 25.3. The third kappa shape index (κ3) is 8.23. The molecule has 1 aromatic rings. The maximum Gasteiger partial charge on any atom is 0.347 e. The van der Waals surface area contributed by atoms with Crippen LogP contribution in [0.15, 0.2) is 36.9 Å². The van der Waals surface area contributed by atoms with E-state index in [9.17, 15) is 9.59 Å². The van der Waals surface area contributed by atoms with Crippen molar-refractivity contribution in [1.82, 2.24) is 10.2 Å². The molecule has 0 heterocycles. The number of aliphatic carboxylic acids is 1. The Labute approximate surface area is 161 Å². The highest BCUT2D eigenvalue weighted by molar-refractivity contribution is 5.78. The Morgan fingerprint density at radius 1 is 1.33 bits per heavy atom. The smallest absolute Gasteiger partial charge is 0.347 e. The summed E-state index contributed by atoms with van der Waals surface area (Å²) in [6.45, 7) is 10.4. The van der Waals surface area contributed by atoms with Gasteiger partial charge in [-0.05, 0) is 38.5 Å². The van der Waals surface area contributed by atoms with Gasteiger partial charge in [0.25, 0.3) is 0 Å². The predicted molar refractivity (Wildman–Crippen MR) is 104 cm³/mol. The second-order valence-corrected chi connectivity index (χ2v) is 6.86. The Morgan fingerprint density at radius 2 is 1.96 bits per heavy atom. The van der Waals surface area contributed by atoms with E-state index in [2.05, 4.69) is 11.9 Å². The molecule has 0 radical (unpaired) electrons. The number of benzene rings is 1. The molecule has 0 bridgehead atoms. The van der Waals surface area contributed by atoms with Gasteiger partial charge in [0.05, 0.1) is 13.2 Å². The molecule has 1 amide bonds. The largest absolute Gasteiger partial charge is 0.478 e. The number of nitrogens with zero attached hydrogens (tertiary/aromatic N) is 1. The molecule has 0 aliphatic rings. The van der Waals surface area contributed by atoms with E-state index in [1.807, 2.05) is 24.0 Å². The van der Waals surface area contributed by atoms with Crippen LogP contribution in [-0.2, 0) is 20.9 Å². The topological polar surface area (TPSA) is 88.1 Å². The lowest BCUT2D eigenvalue weighted by atomic mass is 10.1. The normalized spacial score (nSPS) is 12.5. The van der Waals surface area contributed by atoms with Crippen LogP contribution in [0.3, 0.4) is 0 Å². The maximum atomic E-state index is 12.1. The van der Waals surface area contributed by atoms with E-state index in [1.54, 1.807) is 25.3 Å². The highest BCUT2D eigenvalue weighted by Gasteiger charge is 2.29. The molecule has 0 spiro atoms. The Bertz CT molecular complexity index is 628. The lowest BCUT2D eigenvalue weighted by Crippen LogP contribution is -2.41. The lowest BCUT2D eigenvalue weighted by molar-refractivity contribution is -0.152. The molecular formula is C20H30N2O5. The number of carboxylic acids is 1. The maximum absolute atomic E-state index is 12.1. The second-order valence-electron chi connectivity index (χ2n) is 6.86. The number of nitrogens with one attached hydrogen (secondary N) is 1. The summed E-state index contributed by atoms with van der Waals surface area (Å²) < 4.78 is 10.6. The van der Waals surface area contributed by atoms with Gasteiger partial charge in [-0.1, -0.05) is 18.2 Å². The van der Waals surface area contributed by atoms with Crippen LogP contribution in [0.25, 0.3) is 0 Å². The first-order valence-electron chi connectivity index (χ1n) is 8.82. The summed E-state index contributed by atoms with van der Waals surface area (Å²) in [6.07, 6.45) is 1.68. The zero-order valence-electron chi connectivity index (χ0n) is 16.5. The Hall–Kier alpha value is -2.38. The van der Waals surface area contributed by atoms with E-state index in [0.29, 0.717) is 25.4 Å². The number of hydrogen-bond donors (Lipinski definition) is 2. The van der Waals surface area contributed by atoms with Gasteiger partial charge in [-0.3, -0.25) is 9.69 Å². The van der Waals surface area contributed by atoms with Gasteiger partial charge in [0, 0.05) is 26.2 Å². The van der Waals surface area contributed by atoms with Crippen LogP contribution in [0, 0.1) is 0 Å². The molecule has 7 nitrogen and oxygen atoms in total. The average molecular weight is 378 g/mol. The number of carbonyl (C=O) groups is 2. The van der Waals surface area contributed by atoms with E-state index in [0.717, 1.165) is 5.56 Å². The highest BCUT2D eigenvalue weighted by atomic mass is 16.5. The van der Waals surface area contributed by atoms with E-state index in [4.69, 9.17) is 14.6 Å². The Balaban J connectivity index is 2.73. The molecule has 27 heavy (non-hydrogen) atoms. The first-order chi connectivity index (χ1) is 12.7. The van der Waals surface area contributed by atoms with E-state index in [1.165, 1.54) is 13.8 Å². The van der Waals surface area contributed by atoms with Gasteiger partial charge < -0.3 is 19.9 Å². The van der Waals surface area contributed by atoms with E-state index < -0.39 is 11.6 Å². The van der Waals surface area contributed by atoms with Crippen LogP contribution in [0.5, 0.6) is 5.75 Å². The van der Waals surface area contributed by atoms with Gasteiger partial charge in [-0.2, -0.15) is 0 Å². The zero-order valence-corrected chi connectivity index (χ0v) is 16.5. The van der Waals surface area contributed by atoms with E-state index >= 15 is 0 Å². The van der Waals surface area contributed by atoms with Gasteiger partial charge in [-0.25, -0.2) is 4.79 Å². The number of hydrogen-bond acceptors (Lipinski definition) is 5. The zero-order chi connectivity index (χ0) is 20.4. The molecule has 7 heteroatoms. The molecule has 1 unspecified atom stereocenters. The standard InChI is InChI=1S/C20H30N2O5/c1-6-15(2)21-18(23)14-22(11-12-26-5)13-16-7-9-17(10-8-16)27-20(3,4)19(24)25/h6-10,15H,1,11-14H2,2-5H3,(H,21,23)(H,24,25). The number of carbonyl (C=O) groups excluding carboxylic acids is 1. The van der Waals surface area contributed by atoms with Crippen LogP contribution in [0.1, 0.15) is 26.3 Å². The first-order valence-corrected chi connectivity index (χ1v) is 8.82. The van der Waals surface area contributed by atoms with Gasteiger partial charge in [-0.15, -0.1) is 6.58 Å². The monoisotopic (exact) mass is 378 g/mol. The van der Waals surface area contributed by atoms with E-state index in [-0.39, 0.29) is 18.5 Å². The molecule has 0 aliphatic carbocycles. The van der Waals surface area contributed by atoms with Crippen LogP contribution >= 0.6 is 0 Å². The first kappa shape index (κ1) is 22.7. The molecule has 150 valence electrons. The van der Waals surface area contributed by atoms with Crippen molar-refractivity contribution in [2.45, 2.75) is 39.0 Å². The van der Waals surface area contributed by atoms with Crippen LogP contribution < -0.4 is 10.1 Å². The fraction of sp³-hybridized carbons (Fsp3) is 0.500. The third-order valence-electron chi connectivity index (χ3n) is 3.94. The van der Waals surface area contributed by atoms with Crippen molar-refractivity contribution in [1.29, 1.82) is 0 Å². The lowest BCUT2D eigenvalue weighted by Gasteiger charge is -2.23. The van der Waals surface area contributed by atoms with Crippen LogP contribution in [0.4, 0.5) is 0 Å². The van der Waals surface area contributed by atoms with Crippen molar-refractivity contribution in [3.63, 3.8) is 0 Å². The highest BCUT2D eigenvalue weighted by Crippen LogP contribution is 2.20. The summed E-state index contributed by atoms with van der Waals surface area (Å²) in [5, 5.41) is 12.0. The van der Waals surface area contributed by atoms with Gasteiger partial charge in [0.15, 0.2) is 5.60 Å². The average Bonchev–Trinajstić information content (AvgIpc) is 2.60. The van der Waals surface area contributed by atoms with Crippen molar-refractivity contribution in [2.24, 2.45) is 0 Å². The minimum atomic E-state index is -1.30. The van der Waals surface area contributed by atoms with Crippen molar-refractivity contribution in [3.05, 3.63) is 42.5 Å². The van der Waals surface area contributed by atoms with Gasteiger partial charge in [0.1, 0.15) is 5.75 Å². The van der Waals surface area contributed by atoms with Crippen LogP contribution in [0.2, 0.25) is 0 Å². The molecule has 1 rings (SSSR count). The summed E-state index contributed by atoms with van der Waals surface area (Å²) >= 11 is 0. The molecule has 1 aromatic carbocycles. The SMILES string of the molecule is C=CC(C)NC(=O)CN(CCOC)Cc1ccc(OC(C)(C)C(=O)O)cc1. The molecule has 0 aliphatic heterocycles. The van der Waals surface area contributed by atoms with Crippen LogP contribution in [-0.4, -0.2) is 60.3 Å². The van der Waals surface area contributed by atoms with Crippen molar-refractivity contribution in [2.75, 3.05) is 26.8 Å². The minimum absolute atomic E-state index is 0.0818. The molecule has 0 fully saturated rings. The van der Waals surface area contributed by atoms with Crippen molar-refractivity contribution < 1.29 is 24.2 Å². The molecule has 1 atom stereocenters. The quantitative estimate of drug-likeness (QED) is 0.542. The molecule has 0 saturated carbocycles. The van der Waals surface area contributed by atoms with Gasteiger partial charge in [0.2, 0.25) is 5.91 Å². The molecule has 2 N–H and O–H groups in total. The van der Waals surface area contributed by atoms with Gasteiger partial charge >= 0.3 is 5.97 Å². The summed E-state index contributed by atoms with van der Waals surface area (Å²) in [5.74, 6) is -0.633. The number of rotatable bonds is 12. The molecule has 0 aromatic heterocycles. The summed E-state index contributed by atoms with van der Waals surface area (Å²) in [5.41, 5.74) is -0.317. The summed E-state index contributed by atoms with van der Waals surface area (Å²) in [7, 11) is 1.62. The molecular weight excluding hydrogens is 348 g/mol. The third-order valence-corrected chi connectivity index (χ3v) is 3.94. The number of amides is 1. The molecule has 0 saturated heterocycles.